The van der Waals surface area contributed by atoms with E-state index in [0.717, 1.165) is 43.4 Å². The zero-order chi connectivity index (χ0) is 25.9. The van der Waals surface area contributed by atoms with Crippen LogP contribution < -0.4 is 0 Å². The first-order valence-electron chi connectivity index (χ1n) is 12.4. The summed E-state index contributed by atoms with van der Waals surface area (Å²) in [6.45, 7) is 2.11. The number of hydrogen-bond acceptors (Lipinski definition) is 6. The maximum atomic E-state index is 13.6. The van der Waals surface area contributed by atoms with Crippen molar-refractivity contribution in [2.24, 2.45) is 4.99 Å². The average molecular weight is 581 g/mol. The second-order valence-corrected chi connectivity index (χ2v) is 10.9. The number of amidine groups is 1. The van der Waals surface area contributed by atoms with Crippen LogP contribution in [0.25, 0.3) is 17.4 Å². The van der Waals surface area contributed by atoms with Crippen molar-refractivity contribution in [3.05, 3.63) is 85.4 Å². The average Bonchev–Trinajstić information content (AvgIpc) is 3.49. The second kappa shape index (κ2) is 11.1. The van der Waals surface area contributed by atoms with E-state index in [1.54, 1.807) is 24.3 Å². The van der Waals surface area contributed by atoms with Crippen LogP contribution in [0.2, 0.25) is 0 Å². The minimum atomic E-state index is -0.439. The largest absolute Gasteiger partial charge is 0.457 e. The molecule has 2 fully saturated rings. The fourth-order valence-corrected chi connectivity index (χ4v) is 6.36. The van der Waals surface area contributed by atoms with Gasteiger partial charge in [-0.1, -0.05) is 44.4 Å². The number of rotatable bonds is 6. The number of thioether (sulfide) groups is 1. The van der Waals surface area contributed by atoms with Gasteiger partial charge in [-0.3, -0.25) is 19.8 Å². The molecule has 2 aromatic carbocycles. The smallest absolute Gasteiger partial charge is 0.270 e. The molecule has 1 aliphatic carbocycles. The van der Waals surface area contributed by atoms with E-state index in [2.05, 4.69) is 28.9 Å². The third-order valence-electron chi connectivity index (χ3n) is 6.69. The van der Waals surface area contributed by atoms with E-state index in [9.17, 15) is 14.9 Å². The fourth-order valence-electron chi connectivity index (χ4n) is 4.77. The van der Waals surface area contributed by atoms with Crippen molar-refractivity contribution in [3.63, 3.8) is 0 Å². The Hall–Kier alpha value is -3.17. The zero-order valence-corrected chi connectivity index (χ0v) is 22.8. The molecule has 190 valence electrons. The van der Waals surface area contributed by atoms with Gasteiger partial charge in [0.2, 0.25) is 0 Å². The van der Waals surface area contributed by atoms with Crippen molar-refractivity contribution in [1.29, 1.82) is 0 Å². The van der Waals surface area contributed by atoms with Gasteiger partial charge < -0.3 is 4.42 Å². The van der Waals surface area contributed by atoms with Gasteiger partial charge in [0.25, 0.3) is 11.6 Å². The van der Waals surface area contributed by atoms with Crippen molar-refractivity contribution in [3.8, 4) is 11.3 Å². The Bertz CT molecular complexity index is 1410. The molecule has 37 heavy (non-hydrogen) atoms. The number of amides is 1. The summed E-state index contributed by atoms with van der Waals surface area (Å²) < 4.78 is 6.60. The minimum absolute atomic E-state index is 0.00302. The van der Waals surface area contributed by atoms with Crippen LogP contribution in [-0.4, -0.2) is 26.9 Å². The van der Waals surface area contributed by atoms with Gasteiger partial charge in [-0.05, 0) is 76.8 Å². The number of carbonyl (C=O) groups excluding carboxylic acids is 1. The molecule has 3 aromatic rings. The van der Waals surface area contributed by atoms with E-state index in [4.69, 9.17) is 9.41 Å². The Morgan fingerprint density at radius 1 is 1.16 bits per heavy atom. The predicted molar refractivity (Wildman–Crippen MR) is 151 cm³/mol. The van der Waals surface area contributed by atoms with E-state index in [1.165, 1.54) is 30.3 Å². The number of halogens is 1. The molecular formula is C28H26BrN3O4S. The first-order chi connectivity index (χ1) is 17.9. The molecule has 0 unspecified atom stereocenters. The van der Waals surface area contributed by atoms with Gasteiger partial charge in [0, 0.05) is 34.3 Å². The van der Waals surface area contributed by atoms with Crippen molar-refractivity contribution in [1.82, 2.24) is 4.90 Å². The molecule has 1 saturated carbocycles. The lowest BCUT2D eigenvalue weighted by Gasteiger charge is -2.30. The van der Waals surface area contributed by atoms with E-state index in [1.807, 2.05) is 23.1 Å². The monoisotopic (exact) mass is 579 g/mol. The fraction of sp³-hybridized carbons (Fsp3) is 0.286. The Balaban J connectivity index is 1.47. The van der Waals surface area contributed by atoms with Gasteiger partial charge in [-0.15, -0.1) is 0 Å². The zero-order valence-electron chi connectivity index (χ0n) is 20.4. The number of hydrogen-bond donors (Lipinski definition) is 0. The second-order valence-electron chi connectivity index (χ2n) is 9.08. The summed E-state index contributed by atoms with van der Waals surface area (Å²) in [6, 6.07) is 16.3. The highest BCUT2D eigenvalue weighted by atomic mass is 79.9. The molecule has 0 spiro atoms. The van der Waals surface area contributed by atoms with E-state index in [-0.39, 0.29) is 17.6 Å². The van der Waals surface area contributed by atoms with Crippen LogP contribution in [0.15, 0.2) is 73.4 Å². The predicted octanol–water partition coefficient (Wildman–Crippen LogP) is 8.12. The Labute approximate surface area is 227 Å². The van der Waals surface area contributed by atoms with Crippen LogP contribution in [0, 0.1) is 10.1 Å². The lowest BCUT2D eigenvalue weighted by molar-refractivity contribution is -0.384. The lowest BCUT2D eigenvalue weighted by Crippen LogP contribution is -2.40. The SMILES string of the molecule is CCc1ccccc1N=C1S/C(=C/c2ccc(-c3ccc([N+](=O)[O-])cc3Br)o2)C(=O)N1C1CCCCC1. The van der Waals surface area contributed by atoms with Crippen LogP contribution in [0.1, 0.15) is 50.4 Å². The number of para-hydroxylation sites is 1. The van der Waals surface area contributed by atoms with E-state index in [0.29, 0.717) is 31.6 Å². The molecule has 1 aliphatic heterocycles. The number of carbonyl (C=O) groups is 1. The van der Waals surface area contributed by atoms with Crippen molar-refractivity contribution < 1.29 is 14.1 Å². The molecule has 0 N–H and O–H groups in total. The summed E-state index contributed by atoms with van der Waals surface area (Å²) >= 11 is 4.79. The molecule has 7 nitrogen and oxygen atoms in total. The normalized spacial score (nSPS) is 18.8. The highest BCUT2D eigenvalue weighted by Gasteiger charge is 2.39. The third-order valence-corrected chi connectivity index (χ3v) is 8.33. The molecular weight excluding hydrogens is 554 g/mol. The number of furan rings is 1. The van der Waals surface area contributed by atoms with Gasteiger partial charge in [-0.25, -0.2) is 4.99 Å². The Kier molecular flexibility index (Phi) is 7.62. The molecule has 5 rings (SSSR count). The summed E-state index contributed by atoms with van der Waals surface area (Å²) in [5.41, 5.74) is 2.73. The molecule has 0 bridgehead atoms. The molecule has 9 heteroatoms. The number of aliphatic imine (C=N–C) groups is 1. The first-order valence-corrected chi connectivity index (χ1v) is 14.0. The van der Waals surface area contributed by atoms with Crippen LogP contribution in [0.5, 0.6) is 0 Å². The van der Waals surface area contributed by atoms with Crippen LogP contribution in [-0.2, 0) is 11.2 Å². The molecule has 2 heterocycles. The molecule has 2 aliphatic rings. The van der Waals surface area contributed by atoms with Gasteiger partial charge in [0.05, 0.1) is 15.5 Å². The maximum absolute atomic E-state index is 13.6. The number of aryl methyl sites for hydroxylation is 1. The number of nitro groups is 1. The van der Waals surface area contributed by atoms with Crippen LogP contribution in [0.3, 0.4) is 0 Å². The summed E-state index contributed by atoms with van der Waals surface area (Å²) in [4.78, 5) is 31.7. The minimum Gasteiger partial charge on any atom is -0.457 e. The summed E-state index contributed by atoms with van der Waals surface area (Å²) in [6.07, 6.45) is 8.02. The van der Waals surface area contributed by atoms with Crippen LogP contribution >= 0.6 is 27.7 Å². The number of nitrogens with zero attached hydrogens (tertiary/aromatic N) is 3. The standard InChI is InChI=1S/C28H26BrN3O4S/c1-2-18-8-6-7-11-24(18)30-28-31(19-9-4-3-5-10-19)27(33)26(37-28)17-21-13-15-25(36-21)22-14-12-20(32(34)35)16-23(22)29/h6-8,11-17,19H,2-5,9-10H2,1H3/b26-17+,30-28?. The van der Waals surface area contributed by atoms with E-state index >= 15 is 0 Å². The highest BCUT2D eigenvalue weighted by molar-refractivity contribution is 9.10. The Morgan fingerprint density at radius 3 is 2.68 bits per heavy atom. The van der Waals surface area contributed by atoms with Gasteiger partial charge >= 0.3 is 0 Å². The van der Waals surface area contributed by atoms with Crippen LogP contribution in [0.4, 0.5) is 11.4 Å². The number of nitro benzene ring substituents is 1. The molecule has 1 aromatic heterocycles. The molecule has 1 amide bonds. The summed E-state index contributed by atoms with van der Waals surface area (Å²) in [7, 11) is 0. The third kappa shape index (κ3) is 5.43. The topological polar surface area (TPSA) is 89.0 Å². The Morgan fingerprint density at radius 2 is 1.95 bits per heavy atom. The number of benzene rings is 2. The van der Waals surface area contributed by atoms with E-state index < -0.39 is 4.92 Å². The lowest BCUT2D eigenvalue weighted by atomic mass is 9.94. The van der Waals surface area contributed by atoms with Crippen molar-refractivity contribution >= 4 is 56.2 Å². The van der Waals surface area contributed by atoms with Gasteiger partial charge in [0.15, 0.2) is 5.17 Å². The first kappa shape index (κ1) is 25.5. The molecule has 0 radical (unpaired) electrons. The van der Waals surface area contributed by atoms with Gasteiger partial charge in [-0.2, -0.15) is 0 Å². The van der Waals surface area contributed by atoms with Crippen molar-refractivity contribution in [2.45, 2.75) is 51.5 Å². The number of non-ortho nitro benzene ring substituents is 1. The molecule has 0 atom stereocenters. The van der Waals surface area contributed by atoms with Gasteiger partial charge in [0.1, 0.15) is 11.5 Å². The maximum Gasteiger partial charge on any atom is 0.270 e. The molecule has 1 saturated heterocycles. The summed E-state index contributed by atoms with van der Waals surface area (Å²) in [5.74, 6) is 1.05. The summed E-state index contributed by atoms with van der Waals surface area (Å²) in [5, 5.41) is 11.8. The quantitative estimate of drug-likeness (QED) is 0.167. The van der Waals surface area contributed by atoms with Crippen molar-refractivity contribution in [2.75, 3.05) is 0 Å². The highest BCUT2D eigenvalue weighted by Crippen LogP contribution is 2.40.